The molecule has 0 aliphatic carbocycles. The van der Waals surface area contributed by atoms with E-state index in [1.54, 1.807) is 6.92 Å². The van der Waals surface area contributed by atoms with E-state index < -0.39 is 51.7 Å². The number of aliphatic carboxylic acids is 1. The molecule has 0 radical (unpaired) electrons. The number of aromatic hydroxyl groups is 1. The molecular weight excluding hydrogens is 691 g/mol. The normalized spacial score (nSPS) is 15.9. The van der Waals surface area contributed by atoms with Crippen molar-refractivity contribution in [3.8, 4) is 11.5 Å². The quantitative estimate of drug-likeness (QED) is 0.111. The van der Waals surface area contributed by atoms with Crippen molar-refractivity contribution in [1.82, 2.24) is 10.6 Å². The highest BCUT2D eigenvalue weighted by molar-refractivity contribution is 7.98. The number of para-hydroxylation sites is 1. The maximum Gasteiger partial charge on any atom is 0.326 e. The number of carboxylic acids is 1. The molecule has 4 N–H and O–H groups in total. The van der Waals surface area contributed by atoms with Gasteiger partial charge in [0.15, 0.2) is 16.4 Å². The van der Waals surface area contributed by atoms with E-state index in [9.17, 15) is 33.0 Å². The van der Waals surface area contributed by atoms with Gasteiger partial charge in [0, 0.05) is 23.7 Å². The van der Waals surface area contributed by atoms with Crippen molar-refractivity contribution in [2.45, 2.75) is 87.6 Å². The van der Waals surface area contributed by atoms with Crippen molar-refractivity contribution in [2.75, 3.05) is 30.1 Å². The molecule has 4 rings (SSSR count). The van der Waals surface area contributed by atoms with Gasteiger partial charge in [0.05, 0.1) is 21.2 Å². The molecule has 0 fully saturated rings. The average molecular weight is 740 g/mol. The summed E-state index contributed by atoms with van der Waals surface area (Å²) < 4.78 is 34.8. The van der Waals surface area contributed by atoms with Crippen LogP contribution >= 0.6 is 11.8 Å². The molecule has 1 unspecified atom stereocenters. The second kappa shape index (κ2) is 17.8. The third-order valence-electron chi connectivity index (χ3n) is 9.23. The van der Waals surface area contributed by atoms with Gasteiger partial charge in [-0.3, -0.25) is 9.59 Å². The highest BCUT2D eigenvalue weighted by Gasteiger charge is 2.42. The zero-order valence-corrected chi connectivity index (χ0v) is 31.3. The fourth-order valence-corrected chi connectivity index (χ4v) is 9.15. The first-order chi connectivity index (χ1) is 24.4. The molecule has 3 aromatic rings. The molecule has 0 aromatic heterocycles. The van der Waals surface area contributed by atoms with Gasteiger partial charge in [-0.25, -0.2) is 13.2 Å². The van der Waals surface area contributed by atoms with Gasteiger partial charge in [-0.15, -0.1) is 11.8 Å². The summed E-state index contributed by atoms with van der Waals surface area (Å²) in [5.41, 5.74) is 1.29. The fraction of sp³-hybridized carbons (Fsp3) is 0.447. The molecule has 0 saturated carbocycles. The van der Waals surface area contributed by atoms with E-state index in [1.165, 1.54) is 42.1 Å². The minimum atomic E-state index is -3.82. The number of carbonyl (C=O) groups is 3. The first-order valence-electron chi connectivity index (χ1n) is 17.4. The Labute approximate surface area is 305 Å². The Kier molecular flexibility index (Phi) is 13.8. The van der Waals surface area contributed by atoms with E-state index in [0.29, 0.717) is 22.7 Å². The Morgan fingerprint density at radius 1 is 0.961 bits per heavy atom. The Morgan fingerprint density at radius 3 is 2.18 bits per heavy atom. The number of fused-ring (bicyclic) bond motifs is 1. The van der Waals surface area contributed by atoms with Gasteiger partial charge >= 0.3 is 5.97 Å². The van der Waals surface area contributed by atoms with Crippen molar-refractivity contribution in [1.29, 1.82) is 0 Å². The summed E-state index contributed by atoms with van der Waals surface area (Å²) in [6.07, 6.45) is 7.26. The summed E-state index contributed by atoms with van der Waals surface area (Å²) in [6.45, 7) is 5.83. The Balaban J connectivity index is 1.68. The number of hydrogen-bond acceptors (Lipinski definition) is 9. The third kappa shape index (κ3) is 9.97. The lowest BCUT2D eigenvalue weighted by Gasteiger charge is -2.37. The summed E-state index contributed by atoms with van der Waals surface area (Å²) >= 11 is 1.36. The van der Waals surface area contributed by atoms with Crippen LogP contribution in [0.4, 0.5) is 11.4 Å². The van der Waals surface area contributed by atoms with Gasteiger partial charge in [-0.1, -0.05) is 76.8 Å². The van der Waals surface area contributed by atoms with Gasteiger partial charge in [-0.2, -0.15) is 0 Å². The van der Waals surface area contributed by atoms with Gasteiger partial charge in [-0.05, 0) is 61.4 Å². The van der Waals surface area contributed by atoms with Crippen molar-refractivity contribution in [3.63, 3.8) is 0 Å². The highest BCUT2D eigenvalue weighted by atomic mass is 32.2. The maximum atomic E-state index is 14.4. The molecule has 13 heteroatoms. The zero-order valence-electron chi connectivity index (χ0n) is 29.7. The van der Waals surface area contributed by atoms with Crippen LogP contribution in [0.25, 0.3) is 0 Å². The predicted octanol–water partition coefficient (Wildman–Crippen LogP) is 6.62. The number of sulfone groups is 1. The highest BCUT2D eigenvalue weighted by Crippen LogP contribution is 2.47. The van der Waals surface area contributed by atoms with Crippen molar-refractivity contribution >= 4 is 50.8 Å². The number of anilines is 2. The summed E-state index contributed by atoms with van der Waals surface area (Å²) in [4.78, 5) is 41.1. The maximum absolute atomic E-state index is 14.4. The molecule has 51 heavy (non-hydrogen) atoms. The first kappa shape index (κ1) is 39.6. The van der Waals surface area contributed by atoms with E-state index in [-0.39, 0.29) is 28.6 Å². The molecule has 2 atom stereocenters. The molecule has 2 amide bonds. The number of rotatable bonds is 17. The summed E-state index contributed by atoms with van der Waals surface area (Å²) in [7, 11) is -3.82. The van der Waals surface area contributed by atoms with Crippen LogP contribution < -0.4 is 20.3 Å². The Hall–Kier alpha value is -4.23. The molecule has 1 aliphatic rings. The van der Waals surface area contributed by atoms with Crippen LogP contribution in [0.15, 0.2) is 76.5 Å². The Morgan fingerprint density at radius 2 is 1.61 bits per heavy atom. The molecular formula is C38H49N3O8S2. The average Bonchev–Trinajstić information content (AvgIpc) is 3.21. The van der Waals surface area contributed by atoms with E-state index in [0.717, 1.165) is 44.2 Å². The van der Waals surface area contributed by atoms with E-state index >= 15 is 0 Å². The largest absolute Gasteiger partial charge is 0.508 e. The second-order valence-electron chi connectivity index (χ2n) is 13.0. The number of nitrogens with one attached hydrogen (secondary N) is 2. The lowest BCUT2D eigenvalue weighted by Crippen LogP contribution is -2.47. The summed E-state index contributed by atoms with van der Waals surface area (Å²) in [5, 5.41) is 24.3. The molecule has 3 aromatic carbocycles. The van der Waals surface area contributed by atoms with Crippen LogP contribution in [0.3, 0.4) is 0 Å². The number of hydrogen-bond donors (Lipinski definition) is 4. The predicted molar refractivity (Wildman–Crippen MR) is 200 cm³/mol. The monoisotopic (exact) mass is 739 g/mol. The third-order valence-corrected chi connectivity index (χ3v) is 12.0. The minimum absolute atomic E-state index is 0.00655. The molecule has 11 nitrogen and oxygen atoms in total. The first-order valence-corrected chi connectivity index (χ1v) is 20.3. The lowest BCUT2D eigenvalue weighted by atomic mass is 9.79. The standard InChI is InChI=1S/C38H49N3O8S2/c1-5-8-19-38(20-9-6-2)24-41(27-13-11-10-12-14-27)30-21-32(50-4)31(22-33(30)51(47,48)25-38)49-23-34(43)40-35(26-15-17-28(42)18-16-26)36(44)39-29(7-3)37(45)46/h10-18,21-22,29,35,42H,5-9,19-20,23-25H2,1-4H3,(H,39,44)(H,40,43)(H,45,46)/t29-,35?/m0/s1. The fourth-order valence-electron chi connectivity index (χ4n) is 6.49. The lowest BCUT2D eigenvalue weighted by molar-refractivity contribution is -0.142. The number of ether oxygens (including phenoxy) is 1. The van der Waals surface area contributed by atoms with Gasteiger partial charge in [0.25, 0.3) is 5.91 Å². The summed E-state index contributed by atoms with van der Waals surface area (Å²) in [5.74, 6) is -2.50. The molecule has 1 aliphatic heterocycles. The van der Waals surface area contributed by atoms with Crippen molar-refractivity contribution < 1.29 is 37.8 Å². The molecule has 0 bridgehead atoms. The number of carbonyl (C=O) groups excluding carboxylic acids is 2. The van der Waals surface area contributed by atoms with Crippen LogP contribution in [0.2, 0.25) is 0 Å². The number of carboxylic acid groups (broad SMARTS) is 1. The van der Waals surface area contributed by atoms with Crippen LogP contribution in [0, 0.1) is 5.41 Å². The number of phenols is 1. The second-order valence-corrected chi connectivity index (χ2v) is 15.9. The smallest absolute Gasteiger partial charge is 0.326 e. The van der Waals surface area contributed by atoms with Crippen LogP contribution in [-0.2, 0) is 24.2 Å². The van der Waals surface area contributed by atoms with E-state index in [1.807, 2.05) is 42.7 Å². The number of nitrogens with zero attached hydrogens (tertiary/aromatic N) is 1. The number of phenolic OH excluding ortho intramolecular Hbond substituents is 1. The zero-order chi connectivity index (χ0) is 37.2. The van der Waals surface area contributed by atoms with Crippen LogP contribution in [-0.4, -0.2) is 67.6 Å². The molecule has 276 valence electrons. The number of amides is 2. The van der Waals surface area contributed by atoms with Gasteiger partial charge in [0.1, 0.15) is 23.6 Å². The van der Waals surface area contributed by atoms with Gasteiger partial charge in [0.2, 0.25) is 5.91 Å². The Bertz CT molecular complexity index is 1760. The molecule has 0 spiro atoms. The molecule has 0 saturated heterocycles. The SMILES string of the molecule is CCCCC1(CCCC)CN(c2ccccc2)c2cc(SC)c(OCC(=O)NC(C(=O)N[C@@H](CC)C(=O)O)c3ccc(O)cc3)cc2S(=O)(=O)C1. The van der Waals surface area contributed by atoms with Gasteiger partial charge < -0.3 is 30.5 Å². The van der Waals surface area contributed by atoms with Crippen molar-refractivity contribution in [3.05, 3.63) is 72.3 Å². The topological polar surface area (TPSA) is 162 Å². The number of benzene rings is 3. The number of thioether (sulfide) groups is 1. The van der Waals surface area contributed by atoms with Crippen LogP contribution in [0.1, 0.15) is 77.3 Å². The molecule has 1 heterocycles. The minimum Gasteiger partial charge on any atom is -0.508 e. The summed E-state index contributed by atoms with van der Waals surface area (Å²) in [6, 6.07) is 16.3. The number of unbranched alkanes of at least 4 members (excludes halogenated alkanes) is 2. The van der Waals surface area contributed by atoms with Crippen molar-refractivity contribution in [2.24, 2.45) is 5.41 Å². The van der Waals surface area contributed by atoms with E-state index in [4.69, 9.17) is 4.74 Å². The van der Waals surface area contributed by atoms with E-state index in [2.05, 4.69) is 29.4 Å². The van der Waals surface area contributed by atoms with Crippen LogP contribution in [0.5, 0.6) is 11.5 Å².